The Bertz CT molecular complexity index is 318. The SMILES string of the molecule is CC(=O)O[C@H]1C[C@@H](OC(C)=O)C=CC1=O. The molecule has 0 radical (unpaired) electrons. The molecule has 0 N–H and O–H groups in total. The summed E-state index contributed by atoms with van der Waals surface area (Å²) < 4.78 is 9.67. The molecule has 0 spiro atoms. The van der Waals surface area contributed by atoms with E-state index in [9.17, 15) is 14.4 Å². The molecule has 0 aromatic rings. The van der Waals surface area contributed by atoms with Crippen molar-refractivity contribution in [3.63, 3.8) is 0 Å². The first-order valence-corrected chi connectivity index (χ1v) is 4.55. The van der Waals surface area contributed by atoms with Gasteiger partial charge in [0.05, 0.1) is 0 Å². The normalized spacial score (nSPS) is 24.8. The van der Waals surface area contributed by atoms with E-state index in [1.54, 1.807) is 0 Å². The van der Waals surface area contributed by atoms with Crippen molar-refractivity contribution in [1.29, 1.82) is 0 Å². The van der Waals surface area contributed by atoms with E-state index in [1.165, 1.54) is 26.0 Å². The Morgan fingerprint density at radius 3 is 2.40 bits per heavy atom. The molecule has 82 valence electrons. The third-order valence-corrected chi connectivity index (χ3v) is 1.86. The lowest BCUT2D eigenvalue weighted by Gasteiger charge is -2.22. The Balaban J connectivity index is 2.61. The van der Waals surface area contributed by atoms with Gasteiger partial charge in [0.25, 0.3) is 0 Å². The van der Waals surface area contributed by atoms with Crippen LogP contribution in [0.15, 0.2) is 12.2 Å². The van der Waals surface area contributed by atoms with Crippen LogP contribution in [0.2, 0.25) is 0 Å². The van der Waals surface area contributed by atoms with Crippen LogP contribution >= 0.6 is 0 Å². The minimum absolute atomic E-state index is 0.189. The van der Waals surface area contributed by atoms with Crippen LogP contribution < -0.4 is 0 Å². The molecule has 1 rings (SSSR count). The standard InChI is InChI=1S/C10H12O5/c1-6(11)14-8-3-4-9(13)10(5-8)15-7(2)12/h3-4,8,10H,5H2,1-2H3/t8-,10-/m0/s1. The van der Waals surface area contributed by atoms with E-state index < -0.39 is 24.1 Å². The van der Waals surface area contributed by atoms with Crippen molar-refractivity contribution in [3.8, 4) is 0 Å². The third-order valence-electron chi connectivity index (χ3n) is 1.86. The zero-order valence-corrected chi connectivity index (χ0v) is 8.56. The predicted octanol–water partition coefficient (Wildman–Crippen LogP) is 0.379. The highest BCUT2D eigenvalue weighted by Gasteiger charge is 2.28. The average molecular weight is 212 g/mol. The zero-order chi connectivity index (χ0) is 11.4. The lowest BCUT2D eigenvalue weighted by atomic mass is 10.0. The van der Waals surface area contributed by atoms with Crippen molar-refractivity contribution in [2.75, 3.05) is 0 Å². The first-order valence-electron chi connectivity index (χ1n) is 4.55. The monoisotopic (exact) mass is 212 g/mol. The second-order valence-electron chi connectivity index (χ2n) is 3.24. The van der Waals surface area contributed by atoms with Gasteiger partial charge in [-0.3, -0.25) is 14.4 Å². The maximum Gasteiger partial charge on any atom is 0.303 e. The quantitative estimate of drug-likeness (QED) is 0.619. The summed E-state index contributed by atoms with van der Waals surface area (Å²) in [5.74, 6) is -1.24. The molecule has 0 bridgehead atoms. The highest BCUT2D eigenvalue weighted by molar-refractivity contribution is 5.95. The van der Waals surface area contributed by atoms with Crippen LogP contribution in [0.1, 0.15) is 20.3 Å². The van der Waals surface area contributed by atoms with Gasteiger partial charge in [0.2, 0.25) is 0 Å². The third kappa shape index (κ3) is 3.53. The average Bonchev–Trinajstić information content (AvgIpc) is 2.09. The number of rotatable bonds is 2. The Morgan fingerprint density at radius 1 is 1.27 bits per heavy atom. The van der Waals surface area contributed by atoms with Gasteiger partial charge in [0.1, 0.15) is 6.10 Å². The van der Waals surface area contributed by atoms with Gasteiger partial charge in [0, 0.05) is 20.3 Å². The van der Waals surface area contributed by atoms with Gasteiger partial charge in [-0.1, -0.05) is 0 Å². The Labute approximate surface area is 87.0 Å². The van der Waals surface area contributed by atoms with Gasteiger partial charge < -0.3 is 9.47 Å². The molecule has 0 heterocycles. The highest BCUT2D eigenvalue weighted by atomic mass is 16.6. The number of carbonyl (C=O) groups is 3. The fourth-order valence-corrected chi connectivity index (χ4v) is 1.32. The van der Waals surface area contributed by atoms with Gasteiger partial charge in [-0.15, -0.1) is 0 Å². The first kappa shape index (κ1) is 11.4. The molecule has 1 aliphatic carbocycles. The Morgan fingerprint density at radius 2 is 1.87 bits per heavy atom. The zero-order valence-electron chi connectivity index (χ0n) is 8.56. The number of carbonyl (C=O) groups excluding carboxylic acids is 3. The van der Waals surface area contributed by atoms with Gasteiger partial charge in [-0.2, -0.15) is 0 Å². The lowest BCUT2D eigenvalue weighted by molar-refractivity contribution is -0.156. The first-order chi connectivity index (χ1) is 6.99. The summed E-state index contributed by atoms with van der Waals surface area (Å²) in [5, 5.41) is 0. The van der Waals surface area contributed by atoms with E-state index in [4.69, 9.17) is 9.47 Å². The fraction of sp³-hybridized carbons (Fsp3) is 0.500. The maximum atomic E-state index is 11.3. The molecule has 15 heavy (non-hydrogen) atoms. The molecule has 1 aliphatic rings. The largest absolute Gasteiger partial charge is 0.458 e. The summed E-state index contributed by atoms with van der Waals surface area (Å²) in [6.07, 6.45) is 1.62. The summed E-state index contributed by atoms with van der Waals surface area (Å²) in [6, 6.07) is 0. The molecular formula is C10H12O5. The molecule has 2 atom stereocenters. The molecule has 5 nitrogen and oxygen atoms in total. The minimum atomic E-state index is -0.836. The van der Waals surface area contributed by atoms with E-state index in [0.717, 1.165) is 0 Å². The van der Waals surface area contributed by atoms with Crippen molar-refractivity contribution < 1.29 is 23.9 Å². The maximum absolute atomic E-state index is 11.3. The molecule has 0 fully saturated rings. The number of hydrogen-bond acceptors (Lipinski definition) is 5. The molecule has 0 unspecified atom stereocenters. The fourth-order valence-electron chi connectivity index (χ4n) is 1.32. The summed E-state index contributed by atoms with van der Waals surface area (Å²) in [6.45, 7) is 2.51. The van der Waals surface area contributed by atoms with Gasteiger partial charge in [0.15, 0.2) is 11.9 Å². The van der Waals surface area contributed by atoms with Crippen molar-refractivity contribution >= 4 is 17.7 Å². The Hall–Kier alpha value is -1.65. The van der Waals surface area contributed by atoms with Crippen molar-refractivity contribution in [2.45, 2.75) is 32.5 Å². The predicted molar refractivity (Wildman–Crippen MR) is 49.9 cm³/mol. The van der Waals surface area contributed by atoms with Gasteiger partial charge in [-0.05, 0) is 12.2 Å². The van der Waals surface area contributed by atoms with Crippen LogP contribution in [-0.2, 0) is 23.9 Å². The van der Waals surface area contributed by atoms with Crippen LogP contribution in [0.4, 0.5) is 0 Å². The molecule has 0 saturated heterocycles. The van der Waals surface area contributed by atoms with Crippen molar-refractivity contribution in [3.05, 3.63) is 12.2 Å². The van der Waals surface area contributed by atoms with E-state index >= 15 is 0 Å². The summed E-state index contributed by atoms with van der Waals surface area (Å²) >= 11 is 0. The smallest absolute Gasteiger partial charge is 0.303 e. The van der Waals surface area contributed by atoms with E-state index in [0.29, 0.717) is 0 Å². The molecule has 0 saturated carbocycles. The lowest BCUT2D eigenvalue weighted by Crippen LogP contribution is -2.34. The van der Waals surface area contributed by atoms with Gasteiger partial charge >= 0.3 is 11.9 Å². The van der Waals surface area contributed by atoms with Crippen LogP contribution in [0.3, 0.4) is 0 Å². The molecule has 0 aliphatic heterocycles. The van der Waals surface area contributed by atoms with Crippen molar-refractivity contribution in [1.82, 2.24) is 0 Å². The van der Waals surface area contributed by atoms with Crippen LogP contribution in [0.25, 0.3) is 0 Å². The highest BCUT2D eigenvalue weighted by Crippen LogP contribution is 2.15. The molecule has 5 heteroatoms. The number of hydrogen-bond donors (Lipinski definition) is 0. The summed E-state index contributed by atoms with van der Waals surface area (Å²) in [7, 11) is 0. The van der Waals surface area contributed by atoms with Crippen LogP contribution in [0.5, 0.6) is 0 Å². The molecule has 0 amide bonds. The van der Waals surface area contributed by atoms with Crippen LogP contribution in [-0.4, -0.2) is 29.9 Å². The second kappa shape index (κ2) is 4.72. The summed E-state index contributed by atoms with van der Waals surface area (Å²) in [5.41, 5.74) is 0. The number of ketones is 1. The number of esters is 2. The minimum Gasteiger partial charge on any atom is -0.458 e. The topological polar surface area (TPSA) is 69.7 Å². The van der Waals surface area contributed by atoms with E-state index in [-0.39, 0.29) is 12.2 Å². The molecular weight excluding hydrogens is 200 g/mol. The van der Waals surface area contributed by atoms with E-state index in [1.807, 2.05) is 0 Å². The Kier molecular flexibility index (Phi) is 3.60. The second-order valence-corrected chi connectivity index (χ2v) is 3.24. The van der Waals surface area contributed by atoms with Crippen molar-refractivity contribution in [2.24, 2.45) is 0 Å². The number of ether oxygens (including phenoxy) is 2. The summed E-state index contributed by atoms with van der Waals surface area (Å²) in [4.78, 5) is 32.6. The van der Waals surface area contributed by atoms with Gasteiger partial charge in [-0.25, -0.2) is 0 Å². The van der Waals surface area contributed by atoms with Crippen LogP contribution in [0, 0.1) is 0 Å². The molecule has 0 aromatic heterocycles. The van der Waals surface area contributed by atoms with E-state index in [2.05, 4.69) is 0 Å². The molecule has 0 aromatic carbocycles.